The van der Waals surface area contributed by atoms with Crippen LogP contribution < -0.4 is 51.5 Å². The molecule has 21 nitrogen and oxygen atoms in total. The number of hydrogen-bond donors (Lipinski definition) is 5. The predicted molar refractivity (Wildman–Crippen MR) is 178 cm³/mol. The molecule has 2 rings (SSSR count). The number of carbonyl (C=O) groups excluding carboxylic acids is 9. The highest BCUT2D eigenvalue weighted by Gasteiger charge is 2.30. The quantitative estimate of drug-likeness (QED) is 0.0560. The first-order chi connectivity index (χ1) is 26.9. The second kappa shape index (κ2) is 23.4. The number of rotatable bonds is 27. The molecule has 0 aliphatic heterocycles. The average molecular weight is 802 g/mol. The van der Waals surface area contributed by atoms with Crippen LogP contribution in [0.5, 0.6) is 5.75 Å². The Bertz CT molecular complexity index is 1740. The highest BCUT2D eigenvalue weighted by atomic mass is 16.5. The van der Waals surface area contributed by atoms with Crippen molar-refractivity contribution in [3.63, 3.8) is 0 Å². The van der Waals surface area contributed by atoms with Crippen molar-refractivity contribution in [3.05, 3.63) is 53.5 Å². The molecule has 21 heteroatoms. The van der Waals surface area contributed by atoms with E-state index in [9.17, 15) is 73.8 Å². The molecule has 0 bridgehead atoms. The Balaban J connectivity index is 1.79. The van der Waals surface area contributed by atoms with Crippen molar-refractivity contribution < 1.29 is 82.9 Å². The van der Waals surface area contributed by atoms with E-state index in [0.717, 1.165) is 11.1 Å². The highest BCUT2D eigenvalue weighted by Crippen LogP contribution is 2.23. The van der Waals surface area contributed by atoms with Crippen LogP contribution in [0.3, 0.4) is 0 Å². The lowest BCUT2D eigenvalue weighted by molar-refractivity contribution is -0.328. The zero-order valence-electron chi connectivity index (χ0n) is 30.6. The van der Waals surface area contributed by atoms with Gasteiger partial charge in [-0.3, -0.25) is 19.2 Å². The number of amides is 4. The van der Waals surface area contributed by atoms with Crippen LogP contribution in [0.25, 0.3) is 0 Å². The molecule has 0 aliphatic rings. The fourth-order valence-corrected chi connectivity index (χ4v) is 5.27. The maximum absolute atomic E-state index is 12.4. The van der Waals surface area contributed by atoms with Crippen molar-refractivity contribution in [1.82, 2.24) is 21.3 Å². The first-order valence-corrected chi connectivity index (χ1v) is 17.5. The zero-order valence-corrected chi connectivity index (χ0v) is 30.6. The smallest absolute Gasteiger partial charge is 0.249 e. The van der Waals surface area contributed by atoms with Gasteiger partial charge in [-0.15, -0.1) is 0 Å². The van der Waals surface area contributed by atoms with E-state index >= 15 is 0 Å². The van der Waals surface area contributed by atoms with Crippen molar-refractivity contribution in [3.8, 4) is 5.75 Å². The van der Waals surface area contributed by atoms with Gasteiger partial charge in [0, 0.05) is 61.6 Å². The number of carboxylic acid groups (broad SMARTS) is 5. The molecule has 1 heterocycles. The van der Waals surface area contributed by atoms with Gasteiger partial charge in [0.15, 0.2) is 0 Å². The molecule has 312 valence electrons. The fraction of sp³-hybridized carbons (Fsp3) is 0.472. The molecule has 0 aliphatic carbocycles. The summed E-state index contributed by atoms with van der Waals surface area (Å²) in [6, 6.07) is 5.13. The van der Waals surface area contributed by atoms with Crippen LogP contribution in [0.1, 0.15) is 68.8 Å². The van der Waals surface area contributed by atoms with Gasteiger partial charge in [-0.2, -0.15) is 0 Å². The number of carbonyl (C=O) groups is 9. The Morgan fingerprint density at radius 1 is 0.719 bits per heavy atom. The third kappa shape index (κ3) is 17.7. The summed E-state index contributed by atoms with van der Waals surface area (Å²) >= 11 is 0. The summed E-state index contributed by atoms with van der Waals surface area (Å²) in [5.41, 5.74) is 1.61. The van der Waals surface area contributed by atoms with Crippen molar-refractivity contribution in [2.75, 3.05) is 6.54 Å². The molecule has 0 saturated carbocycles. The van der Waals surface area contributed by atoms with Crippen molar-refractivity contribution in [2.45, 2.75) is 89.6 Å². The van der Waals surface area contributed by atoms with Gasteiger partial charge in [0.1, 0.15) is 24.2 Å². The second-order valence-electron chi connectivity index (χ2n) is 12.8. The van der Waals surface area contributed by atoms with Crippen LogP contribution in [0.2, 0.25) is 0 Å². The van der Waals surface area contributed by atoms with Gasteiger partial charge in [-0.05, 0) is 62.3 Å². The van der Waals surface area contributed by atoms with E-state index in [2.05, 4.69) is 16.0 Å². The monoisotopic (exact) mass is 801 g/mol. The number of hydrogen-bond acceptors (Lipinski definition) is 17. The third-order valence-electron chi connectivity index (χ3n) is 8.36. The Kier molecular flexibility index (Phi) is 19.2. The number of aliphatic hydroxyl groups is 1. The summed E-state index contributed by atoms with van der Waals surface area (Å²) in [5, 5.41) is 76.1. The van der Waals surface area contributed by atoms with Gasteiger partial charge >= 0.3 is 0 Å². The van der Waals surface area contributed by atoms with Crippen LogP contribution in [0.4, 0.5) is 0 Å². The van der Waals surface area contributed by atoms with E-state index < -0.39 is 116 Å². The molecule has 1 aromatic carbocycles. The number of furan rings is 1. The van der Waals surface area contributed by atoms with Crippen molar-refractivity contribution >= 4 is 53.5 Å². The summed E-state index contributed by atoms with van der Waals surface area (Å²) in [6.07, 6.45) is -5.47. The maximum atomic E-state index is 12.4. The molecule has 0 spiro atoms. The first-order valence-electron chi connectivity index (χ1n) is 17.5. The number of benzene rings is 1. The summed E-state index contributed by atoms with van der Waals surface area (Å²) < 4.78 is 11.1. The number of carboxylic acids is 5. The summed E-state index contributed by atoms with van der Waals surface area (Å²) in [6.45, 7) is 2.06. The van der Waals surface area contributed by atoms with Gasteiger partial charge in [-0.1, -0.05) is 12.1 Å². The van der Waals surface area contributed by atoms with Crippen LogP contribution in [0.15, 0.2) is 41.0 Å². The van der Waals surface area contributed by atoms with E-state index in [-0.39, 0.29) is 32.0 Å². The Morgan fingerprint density at radius 2 is 1.32 bits per heavy atom. The Hall–Kier alpha value is -6.51. The average Bonchev–Trinajstić information content (AvgIpc) is 3.60. The number of ether oxygens (including phenoxy) is 1. The van der Waals surface area contributed by atoms with Gasteiger partial charge < -0.3 is 85.0 Å². The molecule has 0 saturated heterocycles. The third-order valence-corrected chi connectivity index (χ3v) is 8.36. The first kappa shape index (κ1) is 46.6. The Labute approximate surface area is 324 Å². The summed E-state index contributed by atoms with van der Waals surface area (Å²) in [5.74, 6) is -15.8. The van der Waals surface area contributed by atoms with Gasteiger partial charge in [-0.25, -0.2) is 0 Å². The molecule has 2 aromatic rings. The molecule has 0 fully saturated rings. The molecule has 4 amide bonds. The second-order valence-corrected chi connectivity index (χ2v) is 12.8. The molecule has 0 radical (unpaired) electrons. The van der Waals surface area contributed by atoms with E-state index in [1.807, 2.05) is 0 Å². The molecule has 5 atom stereocenters. The number of aliphatic hydroxyl groups excluding tert-OH is 1. The minimum Gasteiger partial charge on any atom is -0.550 e. The van der Waals surface area contributed by atoms with Gasteiger partial charge in [0.2, 0.25) is 23.6 Å². The van der Waals surface area contributed by atoms with Gasteiger partial charge in [0.05, 0.1) is 36.8 Å². The molecule has 57 heavy (non-hydrogen) atoms. The van der Waals surface area contributed by atoms with E-state index in [4.69, 9.17) is 9.15 Å². The number of nitrogens with one attached hydrogen (secondary N) is 4. The van der Waals surface area contributed by atoms with Crippen LogP contribution in [-0.2, 0) is 62.7 Å². The zero-order chi connectivity index (χ0) is 42.7. The fourth-order valence-electron chi connectivity index (χ4n) is 5.27. The largest absolute Gasteiger partial charge is 0.550 e. The highest BCUT2D eigenvalue weighted by molar-refractivity contribution is 5.88. The Morgan fingerprint density at radius 3 is 1.88 bits per heavy atom. The lowest BCUT2D eigenvalue weighted by atomic mass is 9.84. The lowest BCUT2D eigenvalue weighted by Gasteiger charge is -2.31. The SMILES string of the molecule is CC(=O)NCc1cc(COc2ccc(CCNC(=O)CC[C@H](NC(=O)CC[C@H](NC(=O)C(O)CC(C(=O)[O-])C(CCC(=O)[O-])C(=O)[O-])C(=O)[O-])C(=O)[O-])cc2)co1. The van der Waals surface area contributed by atoms with Crippen molar-refractivity contribution in [2.24, 2.45) is 11.8 Å². The number of aliphatic carboxylic acids is 5. The molecule has 5 N–H and O–H groups in total. The summed E-state index contributed by atoms with van der Waals surface area (Å²) in [4.78, 5) is 105. The van der Waals surface area contributed by atoms with Crippen molar-refractivity contribution in [1.29, 1.82) is 0 Å². The molecule has 1 aromatic heterocycles. The molecular formula is C36H41N4O17-5. The van der Waals surface area contributed by atoms with Crippen LogP contribution >= 0.6 is 0 Å². The van der Waals surface area contributed by atoms with E-state index in [1.165, 1.54) is 13.2 Å². The minimum atomic E-state index is -2.35. The van der Waals surface area contributed by atoms with Crippen LogP contribution in [0, 0.1) is 11.8 Å². The topological polar surface area (TPSA) is 360 Å². The molecule has 3 unspecified atom stereocenters. The van der Waals surface area contributed by atoms with E-state index in [1.54, 1.807) is 35.6 Å². The lowest BCUT2D eigenvalue weighted by Crippen LogP contribution is -2.53. The molecular weight excluding hydrogens is 760 g/mol. The van der Waals surface area contributed by atoms with Crippen LogP contribution in [-0.4, -0.2) is 83.3 Å². The minimum absolute atomic E-state index is 0.186. The standard InChI is InChI=1S/C36H46N4O17/c1-19(41)38-16-23-14-21(18-57-23)17-56-22-4-2-20(3-5-22)12-13-37-29(43)9-7-26(35(52)53)39-30(44)10-8-27(36(54)55)40-32(47)28(42)15-25(34(50)51)24(33(48)49)6-11-31(45)46/h2-5,14,18,24-28,42H,6-13,15-17H2,1H3,(H,37,43)(H,38,41)(H,39,44)(H,40,47)(H,45,46)(H,48,49)(H,50,51)(H,52,53)(H,54,55)/p-5/t24?,25?,26-,27-,28?/m0/s1. The van der Waals surface area contributed by atoms with Gasteiger partial charge in [0.25, 0.3) is 0 Å². The normalized spacial score (nSPS) is 13.4. The summed E-state index contributed by atoms with van der Waals surface area (Å²) in [7, 11) is 0. The predicted octanol–water partition coefficient (Wildman–Crippen LogP) is -6.80. The maximum Gasteiger partial charge on any atom is 0.249 e. The van der Waals surface area contributed by atoms with E-state index in [0.29, 0.717) is 17.9 Å².